The van der Waals surface area contributed by atoms with E-state index in [1.54, 1.807) is 25.1 Å². The number of ketones is 1. The summed E-state index contributed by atoms with van der Waals surface area (Å²) in [4.78, 5) is 24.8. The van der Waals surface area contributed by atoms with Crippen LogP contribution in [0.1, 0.15) is 23.7 Å². The van der Waals surface area contributed by atoms with Gasteiger partial charge in [0.15, 0.2) is 5.78 Å². The molecule has 1 aromatic rings. The second-order valence-electron chi connectivity index (χ2n) is 4.83. The van der Waals surface area contributed by atoms with Crippen LogP contribution in [0.25, 0.3) is 0 Å². The highest BCUT2D eigenvalue weighted by Gasteiger charge is 2.04. The van der Waals surface area contributed by atoms with Crippen molar-refractivity contribution in [2.75, 3.05) is 19.0 Å². The molecule has 0 spiro atoms. The van der Waals surface area contributed by atoms with Gasteiger partial charge in [0.25, 0.3) is 5.91 Å². The van der Waals surface area contributed by atoms with Gasteiger partial charge in [-0.2, -0.15) is 0 Å². The summed E-state index contributed by atoms with van der Waals surface area (Å²) in [5.74, 6) is -0.590. The Hall–Kier alpha value is -2.40. The van der Waals surface area contributed by atoms with Crippen LogP contribution in [-0.2, 0) is 4.79 Å². The topological polar surface area (TPSA) is 69.6 Å². The van der Waals surface area contributed by atoms with Gasteiger partial charge in [0, 0.05) is 37.8 Å². The molecule has 5 heteroatoms. The van der Waals surface area contributed by atoms with Gasteiger partial charge < -0.3 is 4.90 Å². The minimum absolute atomic E-state index is 0.0136. The maximum Gasteiger partial charge on any atom is 0.267 e. The largest absolute Gasteiger partial charge is 0.378 e. The van der Waals surface area contributed by atoms with Crippen molar-refractivity contribution >= 4 is 17.4 Å². The summed E-state index contributed by atoms with van der Waals surface area (Å²) in [6.07, 6.45) is 4.73. The monoisotopic (exact) mass is 288 g/mol. The maximum absolute atomic E-state index is 12.0. The molecule has 0 unspecified atom stereocenters. The van der Waals surface area contributed by atoms with Crippen LogP contribution in [-0.4, -0.2) is 31.0 Å². The third kappa shape index (κ3) is 5.62. The van der Waals surface area contributed by atoms with Crippen molar-refractivity contribution in [2.24, 2.45) is 0 Å². The van der Waals surface area contributed by atoms with E-state index in [0.717, 1.165) is 11.3 Å². The minimum Gasteiger partial charge on any atom is -0.378 e. The van der Waals surface area contributed by atoms with Crippen LogP contribution in [0, 0.1) is 0 Å². The van der Waals surface area contributed by atoms with E-state index in [1.807, 2.05) is 31.1 Å². The van der Waals surface area contributed by atoms with E-state index in [4.69, 9.17) is 5.21 Å². The Balaban J connectivity index is 2.64. The molecule has 0 aliphatic rings. The quantitative estimate of drug-likeness (QED) is 0.277. The fourth-order valence-corrected chi connectivity index (χ4v) is 1.63. The summed E-state index contributed by atoms with van der Waals surface area (Å²) in [6, 6.07) is 7.40. The van der Waals surface area contributed by atoms with Gasteiger partial charge in [-0.05, 0) is 31.2 Å². The van der Waals surface area contributed by atoms with E-state index >= 15 is 0 Å². The molecule has 1 aromatic carbocycles. The second-order valence-corrected chi connectivity index (χ2v) is 4.83. The first-order valence-electron chi connectivity index (χ1n) is 6.53. The number of carbonyl (C=O) groups is 2. The van der Waals surface area contributed by atoms with E-state index in [-0.39, 0.29) is 12.2 Å². The van der Waals surface area contributed by atoms with Crippen LogP contribution in [0.15, 0.2) is 48.1 Å². The van der Waals surface area contributed by atoms with Crippen molar-refractivity contribution in [3.8, 4) is 0 Å². The smallest absolute Gasteiger partial charge is 0.267 e. The van der Waals surface area contributed by atoms with Gasteiger partial charge in [0.05, 0.1) is 0 Å². The molecule has 0 atom stereocenters. The molecule has 0 heterocycles. The van der Waals surface area contributed by atoms with Crippen LogP contribution >= 0.6 is 0 Å². The third-order valence-electron chi connectivity index (χ3n) is 2.92. The molecule has 21 heavy (non-hydrogen) atoms. The molecule has 5 nitrogen and oxygen atoms in total. The molecule has 0 radical (unpaired) electrons. The molecule has 2 N–H and O–H groups in total. The number of rotatable bonds is 6. The number of hydroxylamine groups is 1. The molecule has 112 valence electrons. The lowest BCUT2D eigenvalue weighted by Gasteiger charge is -2.12. The first kappa shape index (κ1) is 16.7. The Kier molecular flexibility index (Phi) is 6.36. The maximum atomic E-state index is 12.0. The van der Waals surface area contributed by atoms with Crippen molar-refractivity contribution in [3.63, 3.8) is 0 Å². The van der Waals surface area contributed by atoms with E-state index < -0.39 is 5.91 Å². The fourth-order valence-electron chi connectivity index (χ4n) is 1.63. The third-order valence-corrected chi connectivity index (χ3v) is 2.92. The molecule has 0 aliphatic carbocycles. The van der Waals surface area contributed by atoms with E-state index in [0.29, 0.717) is 5.56 Å². The van der Waals surface area contributed by atoms with Crippen molar-refractivity contribution in [3.05, 3.63) is 53.6 Å². The lowest BCUT2D eigenvalue weighted by molar-refractivity contribution is -0.124. The average Bonchev–Trinajstić information content (AvgIpc) is 2.50. The van der Waals surface area contributed by atoms with Crippen molar-refractivity contribution < 1.29 is 14.8 Å². The Morgan fingerprint density at radius 3 is 2.33 bits per heavy atom. The van der Waals surface area contributed by atoms with E-state index in [1.165, 1.54) is 17.6 Å². The molecular weight excluding hydrogens is 268 g/mol. The Morgan fingerprint density at radius 1 is 1.19 bits per heavy atom. The van der Waals surface area contributed by atoms with Crippen LogP contribution in [0.5, 0.6) is 0 Å². The predicted octanol–water partition coefficient (Wildman–Crippen LogP) is 2.33. The van der Waals surface area contributed by atoms with Crippen molar-refractivity contribution in [1.82, 2.24) is 5.48 Å². The number of benzene rings is 1. The predicted molar refractivity (Wildman–Crippen MR) is 82.5 cm³/mol. The SMILES string of the molecule is CC(/C=C/C(=O)NO)=C\CC(=O)c1ccc(N(C)C)cc1. The van der Waals surface area contributed by atoms with E-state index in [2.05, 4.69) is 0 Å². The fraction of sp³-hybridized carbons (Fsp3) is 0.250. The van der Waals surface area contributed by atoms with Crippen LogP contribution < -0.4 is 10.4 Å². The first-order valence-corrected chi connectivity index (χ1v) is 6.53. The molecule has 0 fully saturated rings. The Morgan fingerprint density at radius 2 is 1.81 bits per heavy atom. The number of Topliss-reactive ketones (excluding diaryl/α,β-unsaturated/α-hetero) is 1. The standard InChI is InChI=1S/C16H20N2O3/c1-12(5-11-16(20)17-21)4-10-15(19)13-6-8-14(9-7-13)18(2)3/h4-9,11,21H,10H2,1-3H3,(H,17,20)/b11-5+,12-4+. The zero-order chi connectivity index (χ0) is 15.8. The van der Waals surface area contributed by atoms with Gasteiger partial charge >= 0.3 is 0 Å². The highest BCUT2D eigenvalue weighted by molar-refractivity contribution is 5.97. The lowest BCUT2D eigenvalue weighted by Crippen LogP contribution is -2.14. The summed E-state index contributed by atoms with van der Waals surface area (Å²) in [6.45, 7) is 1.78. The summed E-state index contributed by atoms with van der Waals surface area (Å²) < 4.78 is 0. The lowest BCUT2D eigenvalue weighted by atomic mass is 10.1. The normalized spacial score (nSPS) is 11.5. The number of allylic oxidation sites excluding steroid dienone is 3. The second kappa shape index (κ2) is 8.01. The molecular formula is C16H20N2O3. The van der Waals surface area contributed by atoms with Crippen molar-refractivity contribution in [1.29, 1.82) is 0 Å². The Labute approximate surface area is 124 Å². The van der Waals surface area contributed by atoms with Gasteiger partial charge in [0.1, 0.15) is 0 Å². The average molecular weight is 288 g/mol. The molecule has 0 saturated carbocycles. The van der Waals surface area contributed by atoms with Gasteiger partial charge in [0.2, 0.25) is 0 Å². The van der Waals surface area contributed by atoms with Gasteiger partial charge in [-0.1, -0.05) is 17.7 Å². The Bertz CT molecular complexity index is 557. The number of anilines is 1. The van der Waals surface area contributed by atoms with Crippen LogP contribution in [0.4, 0.5) is 5.69 Å². The summed E-state index contributed by atoms with van der Waals surface area (Å²) in [7, 11) is 3.88. The minimum atomic E-state index is -0.603. The van der Waals surface area contributed by atoms with Gasteiger partial charge in [-0.25, -0.2) is 5.48 Å². The van der Waals surface area contributed by atoms with Gasteiger partial charge in [-0.3, -0.25) is 14.8 Å². The van der Waals surface area contributed by atoms with Crippen LogP contribution in [0.3, 0.4) is 0 Å². The molecule has 0 saturated heterocycles. The summed E-state index contributed by atoms with van der Waals surface area (Å²) in [5.41, 5.74) is 3.97. The number of hydrogen-bond acceptors (Lipinski definition) is 4. The number of nitrogens with zero attached hydrogens (tertiary/aromatic N) is 1. The molecule has 0 aromatic heterocycles. The first-order chi connectivity index (χ1) is 9.93. The number of nitrogens with one attached hydrogen (secondary N) is 1. The number of amides is 1. The summed E-state index contributed by atoms with van der Waals surface area (Å²) in [5, 5.41) is 8.35. The highest BCUT2D eigenvalue weighted by Crippen LogP contribution is 2.14. The van der Waals surface area contributed by atoms with Gasteiger partial charge in [-0.15, -0.1) is 0 Å². The van der Waals surface area contributed by atoms with Crippen molar-refractivity contribution in [2.45, 2.75) is 13.3 Å². The highest BCUT2D eigenvalue weighted by atomic mass is 16.5. The molecule has 1 rings (SSSR count). The zero-order valence-corrected chi connectivity index (χ0v) is 12.5. The zero-order valence-electron chi connectivity index (χ0n) is 12.5. The van der Waals surface area contributed by atoms with E-state index in [9.17, 15) is 9.59 Å². The molecule has 1 amide bonds. The number of hydrogen-bond donors (Lipinski definition) is 2. The van der Waals surface area contributed by atoms with Crippen LogP contribution in [0.2, 0.25) is 0 Å². The molecule has 0 bridgehead atoms. The summed E-state index contributed by atoms with van der Waals surface area (Å²) >= 11 is 0. The number of carbonyl (C=O) groups excluding carboxylic acids is 2. The molecule has 0 aliphatic heterocycles.